The molecule has 0 bridgehead atoms. The number of ether oxygens (including phenoxy) is 1. The number of para-hydroxylation sites is 1. The zero-order valence-electron chi connectivity index (χ0n) is 10.3. The molecule has 0 radical (unpaired) electrons. The number of hydrogen-bond acceptors (Lipinski definition) is 3. The molecule has 2 aromatic carbocycles. The van der Waals surface area contributed by atoms with Gasteiger partial charge in [-0.2, -0.15) is 0 Å². The molecule has 0 aliphatic heterocycles. The Hall–Kier alpha value is -1.59. The molecule has 0 unspecified atom stereocenters. The lowest BCUT2D eigenvalue weighted by Crippen LogP contribution is -1.95. The van der Waals surface area contributed by atoms with Crippen LogP contribution in [0.5, 0.6) is 11.6 Å². The van der Waals surface area contributed by atoms with Crippen LogP contribution in [-0.4, -0.2) is 4.98 Å². The number of hydrogen-bond donors (Lipinski definition) is 1. The maximum Gasteiger partial charge on any atom is 0.227 e. The molecule has 0 amide bonds. The van der Waals surface area contributed by atoms with Crippen molar-refractivity contribution >= 4 is 48.3 Å². The Labute approximate surface area is 133 Å². The monoisotopic (exact) mass is 392 g/mol. The summed E-state index contributed by atoms with van der Waals surface area (Å²) in [5.74, 6) is 1.11. The average molecular weight is 394 g/mol. The molecule has 0 aliphatic carbocycles. The van der Waals surface area contributed by atoms with Gasteiger partial charge in [-0.15, -0.1) is 0 Å². The molecule has 3 nitrogen and oxygen atoms in total. The van der Waals surface area contributed by atoms with Gasteiger partial charge in [-0.3, -0.25) is 0 Å². The summed E-state index contributed by atoms with van der Waals surface area (Å²) in [5, 5.41) is 1.97. The van der Waals surface area contributed by atoms with Gasteiger partial charge in [0.2, 0.25) is 5.88 Å². The summed E-state index contributed by atoms with van der Waals surface area (Å²) < 4.78 is 7.70. The van der Waals surface area contributed by atoms with Crippen molar-refractivity contribution in [2.24, 2.45) is 0 Å². The molecule has 0 atom stereocenters. The van der Waals surface area contributed by atoms with Gasteiger partial charge in [-0.25, -0.2) is 4.98 Å². The largest absolute Gasteiger partial charge is 0.435 e. The van der Waals surface area contributed by atoms with Gasteiger partial charge in [0.15, 0.2) is 5.75 Å². The van der Waals surface area contributed by atoms with Crippen LogP contribution in [0.15, 0.2) is 57.6 Å². The number of rotatable bonds is 2. The van der Waals surface area contributed by atoms with Crippen molar-refractivity contribution in [1.82, 2.24) is 4.98 Å². The number of nitrogen functional groups attached to an aromatic ring is 1. The Balaban J connectivity index is 2.14. The summed E-state index contributed by atoms with van der Waals surface area (Å²) in [6.07, 6.45) is 1.72. The maximum atomic E-state index is 5.95. The highest BCUT2D eigenvalue weighted by Crippen LogP contribution is 2.37. The first-order chi connectivity index (χ1) is 9.66. The molecule has 1 heterocycles. The zero-order chi connectivity index (χ0) is 14.1. The Morgan fingerprint density at radius 2 is 1.65 bits per heavy atom. The van der Waals surface area contributed by atoms with E-state index >= 15 is 0 Å². The van der Waals surface area contributed by atoms with Crippen molar-refractivity contribution in [3.05, 3.63) is 57.6 Å². The summed E-state index contributed by atoms with van der Waals surface area (Å²) >= 11 is 6.97. The summed E-state index contributed by atoms with van der Waals surface area (Å²) in [6, 6.07) is 13.4. The van der Waals surface area contributed by atoms with Gasteiger partial charge in [0.1, 0.15) is 0 Å². The lowest BCUT2D eigenvalue weighted by atomic mass is 10.2. The second kappa shape index (κ2) is 5.42. The van der Waals surface area contributed by atoms with E-state index in [2.05, 4.69) is 36.8 Å². The van der Waals surface area contributed by atoms with Gasteiger partial charge in [0, 0.05) is 21.4 Å². The van der Waals surface area contributed by atoms with Crippen molar-refractivity contribution in [3.63, 3.8) is 0 Å². The van der Waals surface area contributed by atoms with E-state index < -0.39 is 0 Å². The molecule has 0 saturated carbocycles. The van der Waals surface area contributed by atoms with Crippen molar-refractivity contribution in [2.75, 3.05) is 5.73 Å². The Morgan fingerprint density at radius 3 is 2.45 bits per heavy atom. The topological polar surface area (TPSA) is 48.1 Å². The molecular weight excluding hydrogens is 384 g/mol. The SMILES string of the molecule is Nc1cccc(Br)c1Oc1nccc2c(Br)cccc12. The molecular formula is C15H10Br2N2O. The van der Waals surface area contributed by atoms with Gasteiger partial charge < -0.3 is 10.5 Å². The summed E-state index contributed by atoms with van der Waals surface area (Å²) in [7, 11) is 0. The molecule has 3 rings (SSSR count). The van der Waals surface area contributed by atoms with Crippen LogP contribution < -0.4 is 10.5 Å². The predicted molar refractivity (Wildman–Crippen MR) is 88.1 cm³/mol. The van der Waals surface area contributed by atoms with Crippen LogP contribution in [-0.2, 0) is 0 Å². The number of anilines is 1. The second-order valence-corrected chi connectivity index (χ2v) is 5.92. The summed E-state index contributed by atoms with van der Waals surface area (Å²) in [5.41, 5.74) is 6.51. The molecule has 2 N–H and O–H groups in total. The normalized spacial score (nSPS) is 10.7. The quantitative estimate of drug-likeness (QED) is 0.613. The average Bonchev–Trinajstić information content (AvgIpc) is 2.44. The molecule has 5 heteroatoms. The number of halogens is 2. The van der Waals surface area contributed by atoms with Crippen LogP contribution in [0.2, 0.25) is 0 Å². The molecule has 1 aromatic heterocycles. The number of pyridine rings is 1. The van der Waals surface area contributed by atoms with Crippen LogP contribution in [0.3, 0.4) is 0 Å². The third-order valence-electron chi connectivity index (χ3n) is 2.91. The lowest BCUT2D eigenvalue weighted by molar-refractivity contribution is 0.468. The first-order valence-electron chi connectivity index (χ1n) is 5.92. The molecule has 100 valence electrons. The van der Waals surface area contributed by atoms with E-state index in [-0.39, 0.29) is 0 Å². The minimum atomic E-state index is 0.530. The van der Waals surface area contributed by atoms with Gasteiger partial charge in [-0.05, 0) is 46.3 Å². The van der Waals surface area contributed by atoms with E-state index in [1.807, 2.05) is 36.4 Å². The van der Waals surface area contributed by atoms with Crippen molar-refractivity contribution in [2.45, 2.75) is 0 Å². The third-order valence-corrected chi connectivity index (χ3v) is 4.23. The lowest BCUT2D eigenvalue weighted by Gasteiger charge is -2.11. The van der Waals surface area contributed by atoms with Crippen LogP contribution in [0.4, 0.5) is 5.69 Å². The van der Waals surface area contributed by atoms with Crippen LogP contribution >= 0.6 is 31.9 Å². The van der Waals surface area contributed by atoms with Gasteiger partial charge >= 0.3 is 0 Å². The highest BCUT2D eigenvalue weighted by Gasteiger charge is 2.11. The highest BCUT2D eigenvalue weighted by molar-refractivity contribution is 9.11. The summed E-state index contributed by atoms with van der Waals surface area (Å²) in [4.78, 5) is 4.31. The highest BCUT2D eigenvalue weighted by atomic mass is 79.9. The molecule has 3 aromatic rings. The number of fused-ring (bicyclic) bond motifs is 1. The molecule has 20 heavy (non-hydrogen) atoms. The van der Waals surface area contributed by atoms with Crippen molar-refractivity contribution < 1.29 is 4.74 Å². The van der Waals surface area contributed by atoms with Crippen molar-refractivity contribution in [3.8, 4) is 11.6 Å². The first-order valence-corrected chi connectivity index (χ1v) is 7.50. The van der Waals surface area contributed by atoms with Crippen LogP contribution in [0, 0.1) is 0 Å². The number of nitrogens with two attached hydrogens (primary N) is 1. The predicted octanol–water partition coefficient (Wildman–Crippen LogP) is 5.13. The van der Waals surface area contributed by atoms with Gasteiger partial charge in [-0.1, -0.05) is 28.1 Å². The fourth-order valence-electron chi connectivity index (χ4n) is 1.95. The fourth-order valence-corrected chi connectivity index (χ4v) is 2.91. The van der Waals surface area contributed by atoms with E-state index in [1.54, 1.807) is 12.3 Å². The first kappa shape index (κ1) is 13.4. The Bertz CT molecular complexity index is 770. The Morgan fingerprint density at radius 1 is 0.900 bits per heavy atom. The Kier molecular flexibility index (Phi) is 3.63. The maximum absolute atomic E-state index is 5.95. The molecule has 0 spiro atoms. The van der Waals surface area contributed by atoms with Crippen molar-refractivity contribution in [1.29, 1.82) is 0 Å². The standard InChI is InChI=1S/C15H10Br2N2O/c16-11-4-1-3-10-9(11)7-8-19-15(10)20-14-12(17)5-2-6-13(14)18/h1-8H,18H2. The van der Waals surface area contributed by atoms with E-state index in [0.717, 1.165) is 19.7 Å². The molecule has 0 aliphatic rings. The van der Waals surface area contributed by atoms with Gasteiger partial charge in [0.05, 0.1) is 10.2 Å². The third kappa shape index (κ3) is 2.39. The van der Waals surface area contributed by atoms with E-state index in [0.29, 0.717) is 17.3 Å². The van der Waals surface area contributed by atoms with Gasteiger partial charge in [0.25, 0.3) is 0 Å². The minimum Gasteiger partial charge on any atom is -0.435 e. The smallest absolute Gasteiger partial charge is 0.227 e. The van der Waals surface area contributed by atoms with E-state index in [1.165, 1.54) is 0 Å². The zero-order valence-corrected chi connectivity index (χ0v) is 13.5. The number of benzene rings is 2. The van der Waals surface area contributed by atoms with Crippen LogP contribution in [0.25, 0.3) is 10.8 Å². The molecule has 0 saturated heterocycles. The summed E-state index contributed by atoms with van der Waals surface area (Å²) in [6.45, 7) is 0. The number of aromatic nitrogens is 1. The minimum absolute atomic E-state index is 0.530. The van der Waals surface area contributed by atoms with E-state index in [9.17, 15) is 0 Å². The number of nitrogens with zero attached hydrogens (tertiary/aromatic N) is 1. The second-order valence-electron chi connectivity index (χ2n) is 4.21. The fraction of sp³-hybridized carbons (Fsp3) is 0. The van der Waals surface area contributed by atoms with E-state index in [4.69, 9.17) is 10.5 Å². The molecule has 0 fully saturated rings. The van der Waals surface area contributed by atoms with Crippen LogP contribution in [0.1, 0.15) is 0 Å².